The summed E-state index contributed by atoms with van der Waals surface area (Å²) in [6.45, 7) is 3.75. The monoisotopic (exact) mass is 831 g/mol. The van der Waals surface area contributed by atoms with Crippen LogP contribution in [0.25, 0.3) is 33.4 Å². The standard InChI is InChI=1S/C42H44ClF3N10O3/c1-39(2,23-56-32(16-35(51-56)42(44,45)46)26-8-10-34(47-19-26)40(3,4)59)50-37(57)33(13-24-18-49-53(5)21-24)55-12-11-41(38(55)58)17-30(41)29-9-7-25(15-31(29)43)27-14-28-22-54(6)52-36(28)48-20-27/h7-10,14-16,18-22,30,33,59H,11-13,17,23H2,1-6H3,(H,50,57)/t30-,33-,41+/m1/s1/i5D3. The highest BCUT2D eigenvalue weighted by Gasteiger charge is 2.65. The molecule has 1 aliphatic carbocycles. The molecule has 1 aromatic carbocycles. The van der Waals surface area contributed by atoms with Gasteiger partial charge in [0.25, 0.3) is 0 Å². The Balaban J connectivity index is 1.05. The Morgan fingerprint density at radius 2 is 1.76 bits per heavy atom. The number of likely N-dealkylation sites (tertiary alicyclic amines) is 1. The van der Waals surface area contributed by atoms with Gasteiger partial charge in [-0.05, 0) is 87.6 Å². The molecule has 6 heterocycles. The normalized spacial score (nSPS) is 19.9. The first-order chi connectivity index (χ1) is 28.9. The van der Waals surface area contributed by atoms with Crippen LogP contribution in [-0.2, 0) is 48.4 Å². The third-order valence-electron chi connectivity index (χ3n) is 11.3. The number of fused-ring (bicyclic) bond motifs is 1. The maximum atomic E-state index is 14.6. The van der Waals surface area contributed by atoms with Crippen LogP contribution in [0.2, 0.25) is 5.02 Å². The summed E-state index contributed by atoms with van der Waals surface area (Å²) in [5, 5.41) is 26.9. The number of halogens is 4. The summed E-state index contributed by atoms with van der Waals surface area (Å²) in [6.07, 6.45) is 3.70. The van der Waals surface area contributed by atoms with Crippen molar-refractivity contribution in [2.45, 2.75) is 82.8 Å². The number of amides is 2. The molecule has 59 heavy (non-hydrogen) atoms. The van der Waals surface area contributed by atoms with Crippen molar-refractivity contribution in [1.82, 2.24) is 49.5 Å². The van der Waals surface area contributed by atoms with Crippen LogP contribution in [0.1, 0.15) is 73.1 Å². The van der Waals surface area contributed by atoms with Gasteiger partial charge in [-0.1, -0.05) is 23.7 Å². The smallest absolute Gasteiger partial charge is 0.384 e. The number of nitrogens with one attached hydrogen (secondary N) is 1. The van der Waals surface area contributed by atoms with E-state index in [1.54, 1.807) is 24.7 Å². The first-order valence-electron chi connectivity index (χ1n) is 20.5. The molecule has 2 fully saturated rings. The Morgan fingerprint density at radius 3 is 2.44 bits per heavy atom. The number of carbonyl (C=O) groups excluding carboxylic acids is 2. The number of hydrogen-bond donors (Lipinski definition) is 2. The van der Waals surface area contributed by atoms with Crippen molar-refractivity contribution < 1.29 is 32.0 Å². The summed E-state index contributed by atoms with van der Waals surface area (Å²) in [5.41, 5.74) is -0.254. The van der Waals surface area contributed by atoms with Crippen LogP contribution in [0.15, 0.2) is 73.4 Å². The number of aromatic nitrogens is 8. The van der Waals surface area contributed by atoms with Crippen LogP contribution < -0.4 is 5.32 Å². The second kappa shape index (κ2) is 14.3. The topological polar surface area (TPSA) is 149 Å². The minimum atomic E-state index is -4.77. The van der Waals surface area contributed by atoms with Crippen LogP contribution in [0.4, 0.5) is 13.2 Å². The fraction of sp³-hybridized carbons (Fsp3) is 0.405. The number of nitrogens with zero attached hydrogens (tertiary/aromatic N) is 9. The molecule has 1 spiro atoms. The Bertz CT molecular complexity index is 2710. The van der Waals surface area contributed by atoms with E-state index in [0.717, 1.165) is 37.5 Å². The summed E-state index contributed by atoms with van der Waals surface area (Å²) in [6, 6.07) is 10.5. The molecule has 0 unspecified atom stereocenters. The molecule has 2 N–H and O–H groups in total. The highest BCUT2D eigenvalue weighted by Crippen LogP contribution is 2.66. The number of hydrogen-bond acceptors (Lipinski definition) is 8. The largest absolute Gasteiger partial charge is 0.435 e. The number of aliphatic hydroxyl groups is 1. The predicted octanol–water partition coefficient (Wildman–Crippen LogP) is 6.44. The van der Waals surface area contributed by atoms with Gasteiger partial charge in [0, 0.05) is 83.3 Å². The molecule has 0 radical (unpaired) electrons. The van der Waals surface area contributed by atoms with Crippen LogP contribution in [0.3, 0.4) is 0 Å². The Hall–Kier alpha value is -5.61. The van der Waals surface area contributed by atoms with Crippen molar-refractivity contribution in [1.29, 1.82) is 0 Å². The van der Waals surface area contributed by atoms with E-state index >= 15 is 0 Å². The van der Waals surface area contributed by atoms with Crippen molar-refractivity contribution in [2.75, 3.05) is 6.54 Å². The SMILES string of the molecule is [2H]C([2H])([2H])n1cc(C[C@H](C(=O)NC(C)(C)Cn2nc(C(F)(F)F)cc2-c2ccc(C(C)(C)O)nc2)N2CC[C@@]3(C[C@@H]3c3ccc(-c4cnc5nn(C)cc5c4)cc3Cl)C2=O)cn1. The average Bonchev–Trinajstić information content (AvgIpc) is 3.60. The summed E-state index contributed by atoms with van der Waals surface area (Å²) in [7, 11) is 1.82. The molecule has 2 amide bonds. The van der Waals surface area contributed by atoms with Crippen LogP contribution in [0, 0.1) is 5.41 Å². The Morgan fingerprint density at radius 1 is 1.00 bits per heavy atom. The van der Waals surface area contributed by atoms with Gasteiger partial charge in [-0.25, -0.2) is 4.98 Å². The van der Waals surface area contributed by atoms with Gasteiger partial charge in [0.1, 0.15) is 11.6 Å². The lowest BCUT2D eigenvalue weighted by Crippen LogP contribution is -2.56. The first kappa shape index (κ1) is 36.5. The first-order valence-corrected chi connectivity index (χ1v) is 19.4. The number of benzene rings is 1. The molecule has 308 valence electrons. The highest BCUT2D eigenvalue weighted by atomic mass is 35.5. The molecule has 5 aromatic heterocycles. The zero-order valence-electron chi connectivity index (χ0n) is 35.9. The summed E-state index contributed by atoms with van der Waals surface area (Å²) in [5.74, 6) is -1.06. The van der Waals surface area contributed by atoms with Gasteiger partial charge in [0.15, 0.2) is 11.3 Å². The molecular weight excluding hydrogens is 785 g/mol. The fourth-order valence-corrected chi connectivity index (χ4v) is 8.51. The fourth-order valence-electron chi connectivity index (χ4n) is 8.20. The van der Waals surface area contributed by atoms with E-state index in [4.69, 9.17) is 15.7 Å². The van der Waals surface area contributed by atoms with E-state index in [2.05, 4.69) is 30.6 Å². The molecule has 17 heteroatoms. The third kappa shape index (κ3) is 7.82. The minimum absolute atomic E-state index is 0.0810. The number of carbonyl (C=O) groups is 2. The predicted molar refractivity (Wildman–Crippen MR) is 214 cm³/mol. The van der Waals surface area contributed by atoms with E-state index in [9.17, 15) is 27.9 Å². The Labute approximate surface area is 347 Å². The van der Waals surface area contributed by atoms with Crippen LogP contribution in [-0.4, -0.2) is 79.3 Å². The lowest BCUT2D eigenvalue weighted by molar-refractivity contribution is -0.141. The zero-order chi connectivity index (χ0) is 44.7. The summed E-state index contributed by atoms with van der Waals surface area (Å²) < 4.78 is 69.1. The molecular formula is C42H44ClF3N10O3. The number of alkyl halides is 3. The second-order valence-electron chi connectivity index (χ2n) is 16.8. The van der Waals surface area contributed by atoms with Gasteiger partial charge < -0.3 is 15.3 Å². The summed E-state index contributed by atoms with van der Waals surface area (Å²) in [4.78, 5) is 39.3. The van der Waals surface area contributed by atoms with Gasteiger partial charge in [-0.3, -0.25) is 28.6 Å². The van der Waals surface area contributed by atoms with Crippen molar-refractivity contribution in [3.63, 3.8) is 0 Å². The lowest BCUT2D eigenvalue weighted by atomic mass is 9.95. The van der Waals surface area contributed by atoms with Gasteiger partial charge in [-0.2, -0.15) is 28.5 Å². The van der Waals surface area contributed by atoms with E-state index in [1.807, 2.05) is 37.5 Å². The maximum Gasteiger partial charge on any atom is 0.435 e. The molecule has 8 rings (SSSR count). The molecule has 2 aliphatic rings. The average molecular weight is 832 g/mol. The second-order valence-corrected chi connectivity index (χ2v) is 17.2. The van der Waals surface area contributed by atoms with Crippen molar-refractivity contribution in [2.24, 2.45) is 19.4 Å². The minimum Gasteiger partial charge on any atom is -0.384 e. The van der Waals surface area contributed by atoms with Crippen LogP contribution in [0.5, 0.6) is 0 Å². The van der Waals surface area contributed by atoms with E-state index in [-0.39, 0.29) is 37.0 Å². The number of pyridine rings is 2. The molecule has 13 nitrogen and oxygen atoms in total. The molecule has 1 saturated carbocycles. The quantitative estimate of drug-likeness (QED) is 0.152. The third-order valence-corrected chi connectivity index (χ3v) is 11.6. The van der Waals surface area contributed by atoms with Gasteiger partial charge in [0.05, 0.1) is 35.1 Å². The lowest BCUT2D eigenvalue weighted by Gasteiger charge is -2.33. The van der Waals surface area contributed by atoms with Gasteiger partial charge in [-0.15, -0.1) is 0 Å². The van der Waals surface area contributed by atoms with E-state index < -0.39 is 47.4 Å². The van der Waals surface area contributed by atoms with Crippen molar-refractivity contribution in [3.05, 3.63) is 101 Å². The van der Waals surface area contributed by atoms with Crippen LogP contribution >= 0.6 is 11.6 Å². The molecule has 3 atom stereocenters. The highest BCUT2D eigenvalue weighted by molar-refractivity contribution is 6.31. The van der Waals surface area contributed by atoms with E-state index in [0.29, 0.717) is 40.3 Å². The van der Waals surface area contributed by atoms with Gasteiger partial charge >= 0.3 is 6.18 Å². The van der Waals surface area contributed by atoms with Crippen molar-refractivity contribution >= 4 is 34.4 Å². The zero-order valence-corrected chi connectivity index (χ0v) is 33.7. The van der Waals surface area contributed by atoms with Crippen molar-refractivity contribution in [3.8, 4) is 22.4 Å². The number of aryl methyl sites for hydroxylation is 2. The molecule has 1 saturated heterocycles. The van der Waals surface area contributed by atoms with E-state index in [1.165, 1.54) is 49.5 Å². The maximum absolute atomic E-state index is 14.6. The molecule has 0 bridgehead atoms. The Kier molecular flexibility index (Phi) is 8.83. The molecule has 1 aliphatic heterocycles. The number of rotatable bonds is 11. The summed E-state index contributed by atoms with van der Waals surface area (Å²) >= 11 is 6.92. The molecule has 6 aromatic rings. The van der Waals surface area contributed by atoms with Gasteiger partial charge in [0.2, 0.25) is 11.8 Å².